The summed E-state index contributed by atoms with van der Waals surface area (Å²) in [4.78, 5) is 0. The molecule has 1 aliphatic heterocycles. The Balaban J connectivity index is 1.75. The fourth-order valence-electron chi connectivity index (χ4n) is 2.67. The van der Waals surface area contributed by atoms with Gasteiger partial charge in [-0.25, -0.2) is 0 Å². The molecule has 1 aliphatic rings. The first kappa shape index (κ1) is 11.9. The Kier molecular flexibility index (Phi) is 3.42. The van der Waals surface area contributed by atoms with Crippen molar-refractivity contribution in [1.82, 2.24) is 0 Å². The number of rotatable bonds is 4. The number of thioether (sulfide) groups is 1. The lowest BCUT2D eigenvalue weighted by atomic mass is 9.88. The zero-order valence-corrected chi connectivity index (χ0v) is 11.3. The Hall–Kier alpha value is -1.21. The predicted molar refractivity (Wildman–Crippen MR) is 80.1 cm³/mol. The van der Waals surface area contributed by atoms with Crippen LogP contribution in [0, 0.1) is 0 Å². The van der Waals surface area contributed by atoms with Gasteiger partial charge in [0.15, 0.2) is 0 Å². The molecule has 1 heteroatoms. The van der Waals surface area contributed by atoms with Crippen LogP contribution in [0.4, 0.5) is 0 Å². The summed E-state index contributed by atoms with van der Waals surface area (Å²) in [6.07, 6.45) is 3.75. The van der Waals surface area contributed by atoms with Crippen LogP contribution in [0.3, 0.4) is 0 Å². The van der Waals surface area contributed by atoms with E-state index in [4.69, 9.17) is 0 Å². The van der Waals surface area contributed by atoms with Crippen molar-refractivity contribution in [1.29, 1.82) is 0 Å². The maximum atomic E-state index is 2.26. The minimum atomic E-state index is 0.447. The Morgan fingerprint density at radius 2 is 1.22 bits per heavy atom. The van der Waals surface area contributed by atoms with E-state index in [0.717, 1.165) is 0 Å². The molecule has 0 nitrogen and oxygen atoms in total. The summed E-state index contributed by atoms with van der Waals surface area (Å²) in [7, 11) is 0. The highest BCUT2D eigenvalue weighted by atomic mass is 32.2. The minimum Gasteiger partial charge on any atom is -0.154 e. The topological polar surface area (TPSA) is 0 Å². The largest absolute Gasteiger partial charge is 0.154 e. The first-order chi connectivity index (χ1) is 8.86. The lowest BCUT2D eigenvalue weighted by Gasteiger charge is -2.41. The molecule has 0 unspecified atom stereocenters. The van der Waals surface area contributed by atoms with Crippen LogP contribution in [0.25, 0.3) is 0 Å². The highest BCUT2D eigenvalue weighted by Crippen LogP contribution is 2.45. The third-order valence-corrected chi connectivity index (χ3v) is 5.22. The van der Waals surface area contributed by atoms with E-state index in [2.05, 4.69) is 72.4 Å². The summed E-state index contributed by atoms with van der Waals surface area (Å²) in [6.45, 7) is 0. The Bertz CT molecular complexity index is 442. The van der Waals surface area contributed by atoms with Gasteiger partial charge in [0.1, 0.15) is 0 Å². The second-order valence-electron chi connectivity index (χ2n) is 5.11. The molecule has 0 radical (unpaired) electrons. The highest BCUT2D eigenvalue weighted by molar-refractivity contribution is 8.02. The summed E-state index contributed by atoms with van der Waals surface area (Å²) in [5, 5.41) is 0. The van der Waals surface area contributed by atoms with Gasteiger partial charge in [-0.05, 0) is 36.1 Å². The van der Waals surface area contributed by atoms with E-state index in [1.165, 1.54) is 36.1 Å². The maximum Gasteiger partial charge on any atom is 0.0248 e. The molecule has 3 rings (SSSR count). The molecule has 0 spiro atoms. The van der Waals surface area contributed by atoms with Crippen LogP contribution in [0.15, 0.2) is 60.7 Å². The highest BCUT2D eigenvalue weighted by Gasteiger charge is 2.37. The van der Waals surface area contributed by atoms with Gasteiger partial charge < -0.3 is 0 Å². The van der Waals surface area contributed by atoms with Gasteiger partial charge in [-0.15, -0.1) is 0 Å². The molecule has 0 saturated carbocycles. The molecule has 0 amide bonds. The van der Waals surface area contributed by atoms with E-state index in [-0.39, 0.29) is 0 Å². The van der Waals surface area contributed by atoms with Crippen molar-refractivity contribution in [3.05, 3.63) is 71.8 Å². The van der Waals surface area contributed by atoms with Crippen molar-refractivity contribution in [3.63, 3.8) is 0 Å². The first-order valence-corrected chi connectivity index (χ1v) is 7.57. The number of hydrogen-bond acceptors (Lipinski definition) is 1. The third-order valence-electron chi connectivity index (χ3n) is 3.70. The fraction of sp³-hybridized carbons (Fsp3) is 0.294. The SMILES string of the molecule is c1ccc(CC2(Cc3ccccc3)CCS2)cc1. The fourth-order valence-corrected chi connectivity index (χ4v) is 3.99. The molecule has 1 heterocycles. The van der Waals surface area contributed by atoms with Crippen molar-refractivity contribution in [2.45, 2.75) is 24.0 Å². The van der Waals surface area contributed by atoms with E-state index in [1.54, 1.807) is 0 Å². The normalized spacial score (nSPS) is 17.1. The van der Waals surface area contributed by atoms with Crippen molar-refractivity contribution in [3.8, 4) is 0 Å². The van der Waals surface area contributed by atoms with Gasteiger partial charge in [-0.1, -0.05) is 60.7 Å². The smallest absolute Gasteiger partial charge is 0.0248 e. The van der Waals surface area contributed by atoms with Crippen LogP contribution in [0.1, 0.15) is 17.5 Å². The van der Waals surface area contributed by atoms with Gasteiger partial charge in [-0.3, -0.25) is 0 Å². The van der Waals surface area contributed by atoms with Crippen LogP contribution in [-0.4, -0.2) is 10.5 Å². The van der Waals surface area contributed by atoms with Crippen LogP contribution in [0.2, 0.25) is 0 Å². The van der Waals surface area contributed by atoms with Crippen molar-refractivity contribution in [2.75, 3.05) is 5.75 Å². The summed E-state index contributed by atoms with van der Waals surface area (Å²) >= 11 is 2.14. The molecule has 0 aliphatic carbocycles. The van der Waals surface area contributed by atoms with Crippen LogP contribution in [0.5, 0.6) is 0 Å². The average Bonchev–Trinajstić information content (AvgIpc) is 2.39. The van der Waals surface area contributed by atoms with E-state index in [0.29, 0.717) is 4.75 Å². The molecule has 0 bridgehead atoms. The molecule has 2 aromatic carbocycles. The standard InChI is InChI=1S/C17H18S/c1-3-7-15(8-4-1)13-17(11-12-18-17)14-16-9-5-2-6-10-16/h1-10H,11-14H2. The van der Waals surface area contributed by atoms with Gasteiger partial charge >= 0.3 is 0 Å². The summed E-state index contributed by atoms with van der Waals surface area (Å²) in [5.41, 5.74) is 2.95. The molecular formula is C17H18S. The molecule has 1 fully saturated rings. The quantitative estimate of drug-likeness (QED) is 0.781. The first-order valence-electron chi connectivity index (χ1n) is 6.58. The summed E-state index contributed by atoms with van der Waals surface area (Å²) < 4.78 is 0.447. The molecule has 18 heavy (non-hydrogen) atoms. The van der Waals surface area contributed by atoms with Gasteiger partial charge in [0.25, 0.3) is 0 Å². The van der Waals surface area contributed by atoms with Crippen LogP contribution >= 0.6 is 11.8 Å². The van der Waals surface area contributed by atoms with E-state index in [1.807, 2.05) is 0 Å². The van der Waals surface area contributed by atoms with E-state index in [9.17, 15) is 0 Å². The number of benzene rings is 2. The molecular weight excluding hydrogens is 236 g/mol. The van der Waals surface area contributed by atoms with Crippen LogP contribution < -0.4 is 0 Å². The van der Waals surface area contributed by atoms with Gasteiger partial charge in [0.05, 0.1) is 0 Å². The van der Waals surface area contributed by atoms with E-state index < -0.39 is 0 Å². The average molecular weight is 254 g/mol. The molecule has 2 aromatic rings. The van der Waals surface area contributed by atoms with Crippen LogP contribution in [-0.2, 0) is 12.8 Å². The van der Waals surface area contributed by atoms with Crippen molar-refractivity contribution >= 4 is 11.8 Å². The molecule has 1 saturated heterocycles. The molecule has 0 aromatic heterocycles. The maximum absolute atomic E-state index is 2.26. The monoisotopic (exact) mass is 254 g/mol. The second-order valence-corrected chi connectivity index (χ2v) is 6.67. The summed E-state index contributed by atoms with van der Waals surface area (Å²) in [5.74, 6) is 1.32. The second kappa shape index (κ2) is 5.19. The van der Waals surface area contributed by atoms with Gasteiger partial charge in [0, 0.05) is 4.75 Å². The van der Waals surface area contributed by atoms with Crippen molar-refractivity contribution < 1.29 is 0 Å². The Morgan fingerprint density at radius 3 is 1.56 bits per heavy atom. The molecule has 0 N–H and O–H groups in total. The van der Waals surface area contributed by atoms with Crippen molar-refractivity contribution in [2.24, 2.45) is 0 Å². The lowest BCUT2D eigenvalue weighted by Crippen LogP contribution is -2.39. The number of hydrogen-bond donors (Lipinski definition) is 0. The van der Waals surface area contributed by atoms with E-state index >= 15 is 0 Å². The van der Waals surface area contributed by atoms with Gasteiger partial charge in [0.2, 0.25) is 0 Å². The molecule has 92 valence electrons. The minimum absolute atomic E-state index is 0.447. The molecule has 0 atom stereocenters. The summed E-state index contributed by atoms with van der Waals surface area (Å²) in [6, 6.07) is 21.8. The zero-order chi connectivity index (χ0) is 12.3. The Morgan fingerprint density at radius 1 is 0.778 bits per heavy atom. The lowest BCUT2D eigenvalue weighted by molar-refractivity contribution is 0.530. The Labute approximate surface area is 113 Å². The predicted octanol–water partition coefficient (Wildman–Crippen LogP) is 4.35. The van der Waals surface area contributed by atoms with Gasteiger partial charge in [-0.2, -0.15) is 11.8 Å². The third kappa shape index (κ3) is 2.62. The zero-order valence-electron chi connectivity index (χ0n) is 10.5.